The zero-order valence-electron chi connectivity index (χ0n) is 15.2. The van der Waals surface area contributed by atoms with E-state index in [9.17, 15) is 9.32 Å². The number of hydrogen-bond donors (Lipinski definition) is 4. The highest BCUT2D eigenvalue weighted by Gasteiger charge is 2.13. The van der Waals surface area contributed by atoms with Gasteiger partial charge in [0.2, 0.25) is 0 Å². The minimum Gasteiger partial charge on any atom is -0.497 e. The van der Waals surface area contributed by atoms with Crippen LogP contribution in [-0.2, 0) is 9.92 Å². The Morgan fingerprint density at radius 3 is 2.57 bits per heavy atom. The Bertz CT molecular complexity index is 1050. The second kappa shape index (κ2) is 8.53. The van der Waals surface area contributed by atoms with Crippen LogP contribution in [0.15, 0.2) is 59.6 Å². The number of fused-ring (bicyclic) bond motifs is 1. The molecule has 0 aliphatic carbocycles. The van der Waals surface area contributed by atoms with E-state index >= 15 is 0 Å². The van der Waals surface area contributed by atoms with Crippen molar-refractivity contribution in [3.05, 3.63) is 54.7 Å². The molecule has 0 spiro atoms. The van der Waals surface area contributed by atoms with E-state index in [-0.39, 0.29) is 11.4 Å². The van der Waals surface area contributed by atoms with Crippen LogP contribution in [0.5, 0.6) is 17.2 Å². The summed E-state index contributed by atoms with van der Waals surface area (Å²) in [5, 5.41) is 19.0. The molecule has 0 radical (unpaired) electrons. The summed E-state index contributed by atoms with van der Waals surface area (Å²) in [5.41, 5.74) is 0.731. The molecule has 4 N–H and O–H groups in total. The van der Waals surface area contributed by atoms with Gasteiger partial charge < -0.3 is 19.7 Å². The Morgan fingerprint density at radius 1 is 1.18 bits per heavy atom. The van der Waals surface area contributed by atoms with Crippen molar-refractivity contribution >= 4 is 20.8 Å². The maximum atomic E-state index is 12.4. The van der Waals surface area contributed by atoms with Crippen LogP contribution in [0, 0.1) is 4.78 Å². The lowest BCUT2D eigenvalue weighted by molar-refractivity contribution is 0.0990. The Morgan fingerprint density at radius 2 is 1.89 bits per heavy atom. The molecule has 9 heteroatoms. The third kappa shape index (κ3) is 4.57. The quantitative estimate of drug-likeness (QED) is 0.457. The van der Waals surface area contributed by atoms with E-state index in [4.69, 9.17) is 19.4 Å². The zero-order chi connectivity index (χ0) is 20.1. The van der Waals surface area contributed by atoms with Crippen LogP contribution in [0.1, 0.15) is 0 Å². The minimum absolute atomic E-state index is 0.149. The molecule has 0 saturated carbocycles. The number of rotatable bonds is 8. The van der Waals surface area contributed by atoms with E-state index in [1.54, 1.807) is 31.5 Å². The third-order valence-electron chi connectivity index (χ3n) is 4.03. The Balaban J connectivity index is 1.79. The summed E-state index contributed by atoms with van der Waals surface area (Å²) in [5.74, 6) is 1.82. The molecule has 28 heavy (non-hydrogen) atoms. The first-order chi connectivity index (χ1) is 13.4. The molecule has 2 aromatic carbocycles. The Labute approximate surface area is 162 Å². The van der Waals surface area contributed by atoms with Crippen LogP contribution < -0.4 is 14.2 Å². The van der Waals surface area contributed by atoms with Crippen molar-refractivity contribution < 1.29 is 23.9 Å². The molecule has 0 aliphatic heterocycles. The van der Waals surface area contributed by atoms with Crippen LogP contribution >= 0.6 is 0 Å². The molecule has 0 fully saturated rings. The van der Waals surface area contributed by atoms with Crippen LogP contribution in [-0.4, -0.2) is 45.8 Å². The SMILES string of the molecule is COc1ccc2c(Oc3ccc(S(=N)(=O)NCC(O)CO)cc3)ccnc2c1. The van der Waals surface area contributed by atoms with E-state index in [2.05, 4.69) is 9.71 Å². The highest BCUT2D eigenvalue weighted by molar-refractivity contribution is 7.90. The smallest absolute Gasteiger partial charge is 0.138 e. The van der Waals surface area contributed by atoms with Crippen molar-refractivity contribution in [3.63, 3.8) is 0 Å². The fraction of sp³-hybridized carbons (Fsp3) is 0.211. The number of benzene rings is 2. The van der Waals surface area contributed by atoms with Gasteiger partial charge in [0.05, 0.1) is 30.2 Å². The molecule has 2 atom stereocenters. The fourth-order valence-electron chi connectivity index (χ4n) is 2.51. The van der Waals surface area contributed by atoms with Crippen LogP contribution in [0.25, 0.3) is 10.9 Å². The number of pyridine rings is 1. The number of ether oxygens (including phenoxy) is 2. The molecule has 0 bridgehead atoms. The monoisotopic (exact) mass is 403 g/mol. The van der Waals surface area contributed by atoms with E-state index in [1.807, 2.05) is 18.2 Å². The molecule has 1 heterocycles. The molecule has 3 rings (SSSR count). The molecule has 0 saturated heterocycles. The lowest BCUT2D eigenvalue weighted by atomic mass is 10.2. The number of aliphatic hydroxyl groups excluding tert-OH is 2. The summed E-state index contributed by atoms with van der Waals surface area (Å²) in [4.78, 5) is 4.56. The van der Waals surface area contributed by atoms with Gasteiger partial charge in [-0.1, -0.05) is 0 Å². The average Bonchev–Trinajstić information content (AvgIpc) is 2.72. The zero-order valence-corrected chi connectivity index (χ0v) is 16.0. The van der Waals surface area contributed by atoms with Gasteiger partial charge in [0, 0.05) is 24.2 Å². The van der Waals surface area contributed by atoms with E-state index in [0.29, 0.717) is 17.2 Å². The number of nitrogens with one attached hydrogen (secondary N) is 2. The van der Waals surface area contributed by atoms with Gasteiger partial charge in [-0.15, -0.1) is 0 Å². The molecular weight excluding hydrogens is 382 g/mol. The predicted molar refractivity (Wildman–Crippen MR) is 105 cm³/mol. The minimum atomic E-state index is -3.30. The topological polar surface area (TPSA) is 125 Å². The molecule has 148 valence electrons. The van der Waals surface area contributed by atoms with Crippen molar-refractivity contribution in [2.45, 2.75) is 11.0 Å². The largest absolute Gasteiger partial charge is 0.497 e. The second-order valence-electron chi connectivity index (χ2n) is 6.01. The molecular formula is C19H21N3O5S. The van der Waals surface area contributed by atoms with Crippen LogP contribution in [0.4, 0.5) is 0 Å². The van der Waals surface area contributed by atoms with Crippen LogP contribution in [0.2, 0.25) is 0 Å². The molecule has 0 amide bonds. The molecule has 0 aliphatic rings. The van der Waals surface area contributed by atoms with Crippen molar-refractivity contribution in [1.29, 1.82) is 4.78 Å². The van der Waals surface area contributed by atoms with E-state index in [0.717, 1.165) is 10.9 Å². The van der Waals surface area contributed by atoms with Crippen molar-refractivity contribution in [3.8, 4) is 17.2 Å². The fourth-order valence-corrected chi connectivity index (χ4v) is 3.62. The highest BCUT2D eigenvalue weighted by atomic mass is 32.2. The molecule has 8 nitrogen and oxygen atoms in total. The number of methoxy groups -OCH3 is 1. The molecule has 3 aromatic rings. The van der Waals surface area contributed by atoms with E-state index in [1.165, 1.54) is 12.1 Å². The number of aliphatic hydroxyl groups is 2. The maximum Gasteiger partial charge on any atom is 0.138 e. The van der Waals surface area contributed by atoms with Gasteiger partial charge in [0.1, 0.15) is 27.2 Å². The highest BCUT2D eigenvalue weighted by Crippen LogP contribution is 2.31. The number of nitrogens with zero attached hydrogens (tertiary/aromatic N) is 1. The lowest BCUT2D eigenvalue weighted by Gasteiger charge is -2.13. The maximum absolute atomic E-state index is 12.4. The van der Waals surface area contributed by atoms with Crippen molar-refractivity contribution in [1.82, 2.24) is 9.71 Å². The van der Waals surface area contributed by atoms with Gasteiger partial charge in [-0.3, -0.25) is 4.98 Å². The first-order valence-corrected chi connectivity index (χ1v) is 10.0. The second-order valence-corrected chi connectivity index (χ2v) is 7.88. The predicted octanol–water partition coefficient (Wildman–Crippen LogP) is 2.30. The average molecular weight is 403 g/mol. The van der Waals surface area contributed by atoms with Gasteiger partial charge in [-0.2, -0.15) is 0 Å². The van der Waals surface area contributed by atoms with Crippen LogP contribution in [0.3, 0.4) is 0 Å². The summed E-state index contributed by atoms with van der Waals surface area (Å²) in [6.45, 7) is -0.620. The number of aromatic nitrogens is 1. The van der Waals surface area contributed by atoms with Gasteiger partial charge >= 0.3 is 0 Å². The summed E-state index contributed by atoms with van der Waals surface area (Å²) < 4.78 is 33.9. The summed E-state index contributed by atoms with van der Waals surface area (Å²) >= 11 is 0. The Kier molecular flexibility index (Phi) is 6.10. The van der Waals surface area contributed by atoms with Gasteiger partial charge in [0.25, 0.3) is 0 Å². The first-order valence-electron chi connectivity index (χ1n) is 8.46. The Hall–Kier alpha value is -2.72. The lowest BCUT2D eigenvalue weighted by Crippen LogP contribution is -2.33. The summed E-state index contributed by atoms with van der Waals surface area (Å²) in [6, 6.07) is 13.5. The summed E-state index contributed by atoms with van der Waals surface area (Å²) in [6.07, 6.45) is 0.561. The van der Waals surface area contributed by atoms with E-state index < -0.39 is 22.6 Å². The summed E-state index contributed by atoms with van der Waals surface area (Å²) in [7, 11) is -1.71. The molecule has 1 aromatic heterocycles. The van der Waals surface area contributed by atoms with Gasteiger partial charge in [-0.05, 0) is 42.5 Å². The number of hydrogen-bond acceptors (Lipinski definition) is 7. The third-order valence-corrected chi connectivity index (χ3v) is 5.54. The van der Waals surface area contributed by atoms with Gasteiger partial charge in [0.15, 0.2) is 0 Å². The van der Waals surface area contributed by atoms with Crippen molar-refractivity contribution in [2.24, 2.45) is 0 Å². The normalized spacial score (nSPS) is 14.4. The standard InChI is InChI=1S/C19H21N3O5S/c1-26-15-4-7-17-18(10-15)21-9-8-19(17)27-14-2-5-16(6-3-14)28(20,25)22-11-13(24)12-23/h2-10,13,23-24H,11-12H2,1H3,(H2,20,22,25). The first kappa shape index (κ1) is 20.0. The molecule has 2 unspecified atom stereocenters. The van der Waals surface area contributed by atoms with Gasteiger partial charge in [-0.25, -0.2) is 13.7 Å². The van der Waals surface area contributed by atoms with Crippen molar-refractivity contribution in [2.75, 3.05) is 20.3 Å².